The summed E-state index contributed by atoms with van der Waals surface area (Å²) in [6.45, 7) is 4.96. The van der Waals surface area contributed by atoms with Crippen LogP contribution in [0.3, 0.4) is 0 Å². The third-order valence-electron chi connectivity index (χ3n) is 4.31. The standard InChI is InChI=1S/C22H22N2O5/c1-4-14-9-5-7-11-17(14)24-19(25)15-10-6-8-12-18(15)23-13-16-20(26)28-22(2,3)29-21(16)27/h5-13,23H,4H2,1-3H3,(H,24,25). The highest BCUT2D eigenvalue weighted by Crippen LogP contribution is 2.24. The number of nitrogens with one attached hydrogen (secondary N) is 2. The molecular weight excluding hydrogens is 372 g/mol. The number of rotatable bonds is 5. The van der Waals surface area contributed by atoms with Crippen molar-refractivity contribution >= 4 is 29.2 Å². The average molecular weight is 394 g/mol. The minimum atomic E-state index is -1.31. The van der Waals surface area contributed by atoms with Gasteiger partial charge in [-0.15, -0.1) is 0 Å². The Morgan fingerprint density at radius 1 is 0.966 bits per heavy atom. The summed E-state index contributed by atoms with van der Waals surface area (Å²) in [6, 6.07) is 14.3. The number of cyclic esters (lactones) is 2. The highest BCUT2D eigenvalue weighted by atomic mass is 16.7. The van der Waals surface area contributed by atoms with E-state index in [2.05, 4.69) is 10.6 Å². The molecule has 2 aromatic carbocycles. The van der Waals surface area contributed by atoms with Crippen LogP contribution in [-0.2, 0) is 25.5 Å². The molecule has 0 atom stereocenters. The van der Waals surface area contributed by atoms with Crippen LogP contribution in [0.25, 0.3) is 0 Å². The zero-order chi connectivity index (χ0) is 21.0. The monoisotopic (exact) mass is 394 g/mol. The van der Waals surface area contributed by atoms with E-state index in [0.29, 0.717) is 11.3 Å². The van der Waals surface area contributed by atoms with E-state index in [4.69, 9.17) is 9.47 Å². The molecule has 1 fully saturated rings. The van der Waals surface area contributed by atoms with E-state index in [-0.39, 0.29) is 11.5 Å². The lowest BCUT2D eigenvalue weighted by molar-refractivity contribution is -0.222. The Labute approximate surface area is 168 Å². The minimum absolute atomic E-state index is 0.282. The van der Waals surface area contributed by atoms with Crippen molar-refractivity contribution in [2.45, 2.75) is 33.0 Å². The topological polar surface area (TPSA) is 93.7 Å². The molecule has 1 aliphatic heterocycles. The molecule has 0 spiro atoms. The smallest absolute Gasteiger partial charge is 0.350 e. The summed E-state index contributed by atoms with van der Waals surface area (Å²) in [4.78, 5) is 36.9. The van der Waals surface area contributed by atoms with Gasteiger partial charge in [0.05, 0.1) is 11.3 Å². The normalized spacial score (nSPS) is 15.2. The summed E-state index contributed by atoms with van der Waals surface area (Å²) in [5.41, 5.74) is 2.25. The molecule has 0 radical (unpaired) electrons. The van der Waals surface area contributed by atoms with Gasteiger partial charge in [-0.1, -0.05) is 37.3 Å². The molecule has 150 valence electrons. The van der Waals surface area contributed by atoms with E-state index < -0.39 is 17.7 Å². The first-order chi connectivity index (χ1) is 13.8. The maximum atomic E-state index is 12.8. The summed E-state index contributed by atoms with van der Waals surface area (Å²) in [5, 5.41) is 5.74. The fraction of sp³-hybridized carbons (Fsp3) is 0.227. The van der Waals surface area contributed by atoms with Crippen molar-refractivity contribution in [3.05, 3.63) is 71.4 Å². The summed E-state index contributed by atoms with van der Waals surface area (Å²) in [6.07, 6.45) is 1.97. The Kier molecular flexibility index (Phi) is 5.68. The summed E-state index contributed by atoms with van der Waals surface area (Å²) in [7, 11) is 0. The third kappa shape index (κ3) is 4.63. The largest absolute Gasteiger partial charge is 0.419 e. The number of esters is 2. The highest BCUT2D eigenvalue weighted by Gasteiger charge is 2.39. The number of ether oxygens (including phenoxy) is 2. The predicted molar refractivity (Wildman–Crippen MR) is 108 cm³/mol. The Balaban J connectivity index is 1.81. The van der Waals surface area contributed by atoms with Crippen LogP contribution in [-0.4, -0.2) is 23.6 Å². The number of anilines is 2. The van der Waals surface area contributed by atoms with E-state index in [1.807, 2.05) is 31.2 Å². The van der Waals surface area contributed by atoms with Gasteiger partial charge in [-0.2, -0.15) is 0 Å². The van der Waals surface area contributed by atoms with E-state index in [1.54, 1.807) is 24.3 Å². The maximum absolute atomic E-state index is 12.8. The van der Waals surface area contributed by atoms with Crippen LogP contribution < -0.4 is 10.6 Å². The first-order valence-corrected chi connectivity index (χ1v) is 9.22. The van der Waals surface area contributed by atoms with Crippen LogP contribution in [0.15, 0.2) is 60.3 Å². The van der Waals surface area contributed by atoms with Gasteiger partial charge in [-0.3, -0.25) is 4.79 Å². The molecule has 0 bridgehead atoms. The maximum Gasteiger partial charge on any atom is 0.350 e. The van der Waals surface area contributed by atoms with Crippen LogP contribution >= 0.6 is 0 Å². The fourth-order valence-corrected chi connectivity index (χ4v) is 2.88. The van der Waals surface area contributed by atoms with Gasteiger partial charge >= 0.3 is 11.9 Å². The molecule has 0 aromatic heterocycles. The molecule has 0 unspecified atom stereocenters. The van der Waals surface area contributed by atoms with Gasteiger partial charge in [-0.05, 0) is 30.2 Å². The lowest BCUT2D eigenvalue weighted by Gasteiger charge is -2.29. The van der Waals surface area contributed by atoms with Crippen molar-refractivity contribution in [1.29, 1.82) is 0 Å². The van der Waals surface area contributed by atoms with E-state index in [1.165, 1.54) is 20.0 Å². The van der Waals surface area contributed by atoms with Crippen molar-refractivity contribution in [2.24, 2.45) is 0 Å². The molecule has 7 heteroatoms. The molecule has 7 nitrogen and oxygen atoms in total. The van der Waals surface area contributed by atoms with Crippen molar-refractivity contribution in [1.82, 2.24) is 0 Å². The van der Waals surface area contributed by atoms with Gasteiger partial charge in [0.1, 0.15) is 0 Å². The zero-order valence-electron chi connectivity index (χ0n) is 16.4. The summed E-state index contributed by atoms with van der Waals surface area (Å²) in [5.74, 6) is -3.21. The van der Waals surface area contributed by atoms with Gasteiger partial charge < -0.3 is 20.1 Å². The Bertz CT molecular complexity index is 972. The number of para-hydroxylation sites is 2. The zero-order valence-corrected chi connectivity index (χ0v) is 16.4. The van der Waals surface area contributed by atoms with Crippen molar-refractivity contribution in [2.75, 3.05) is 10.6 Å². The number of hydrogen-bond donors (Lipinski definition) is 2. The molecule has 1 saturated heterocycles. The first kappa shape index (κ1) is 20.1. The number of benzene rings is 2. The SMILES string of the molecule is CCc1ccccc1NC(=O)c1ccccc1NC=C1C(=O)OC(C)(C)OC1=O. The minimum Gasteiger partial charge on any atom is -0.419 e. The number of carbonyl (C=O) groups excluding carboxylic acids is 3. The van der Waals surface area contributed by atoms with E-state index in [9.17, 15) is 14.4 Å². The molecule has 0 aliphatic carbocycles. The summed E-state index contributed by atoms with van der Waals surface area (Å²) < 4.78 is 10.1. The van der Waals surface area contributed by atoms with Crippen molar-refractivity contribution in [3.63, 3.8) is 0 Å². The quantitative estimate of drug-likeness (QED) is 0.457. The molecule has 29 heavy (non-hydrogen) atoms. The first-order valence-electron chi connectivity index (χ1n) is 9.22. The van der Waals surface area contributed by atoms with Gasteiger partial charge in [0, 0.05) is 25.7 Å². The van der Waals surface area contributed by atoms with Gasteiger partial charge in [-0.25, -0.2) is 9.59 Å². The number of amides is 1. The van der Waals surface area contributed by atoms with Gasteiger partial charge in [0.2, 0.25) is 0 Å². The van der Waals surface area contributed by atoms with Crippen LogP contribution in [0.2, 0.25) is 0 Å². The molecule has 0 saturated carbocycles. The number of carbonyl (C=O) groups is 3. The second-order valence-electron chi connectivity index (χ2n) is 6.89. The fourth-order valence-electron chi connectivity index (χ4n) is 2.88. The van der Waals surface area contributed by atoms with Crippen LogP contribution in [0, 0.1) is 0 Å². The number of aryl methyl sites for hydroxylation is 1. The molecule has 3 rings (SSSR count). The highest BCUT2D eigenvalue weighted by molar-refractivity contribution is 6.15. The average Bonchev–Trinajstić information content (AvgIpc) is 2.67. The van der Waals surface area contributed by atoms with Crippen LogP contribution in [0.1, 0.15) is 36.7 Å². The predicted octanol–water partition coefficient (Wildman–Crippen LogP) is 3.63. The molecule has 2 aromatic rings. The van der Waals surface area contributed by atoms with E-state index in [0.717, 1.165) is 17.7 Å². The molecule has 2 N–H and O–H groups in total. The van der Waals surface area contributed by atoms with Crippen molar-refractivity contribution < 1.29 is 23.9 Å². The Hall–Kier alpha value is -3.61. The number of hydrogen-bond acceptors (Lipinski definition) is 6. The molecule has 1 heterocycles. The Morgan fingerprint density at radius 3 is 2.21 bits per heavy atom. The van der Waals surface area contributed by atoms with Gasteiger partial charge in [0.15, 0.2) is 5.57 Å². The van der Waals surface area contributed by atoms with Gasteiger partial charge in [0.25, 0.3) is 11.7 Å². The second-order valence-corrected chi connectivity index (χ2v) is 6.89. The van der Waals surface area contributed by atoms with E-state index >= 15 is 0 Å². The van der Waals surface area contributed by atoms with Crippen LogP contribution in [0.4, 0.5) is 11.4 Å². The van der Waals surface area contributed by atoms with Crippen molar-refractivity contribution in [3.8, 4) is 0 Å². The second kappa shape index (κ2) is 8.18. The van der Waals surface area contributed by atoms with Crippen LogP contribution in [0.5, 0.6) is 0 Å². The lowest BCUT2D eigenvalue weighted by atomic mass is 10.1. The molecular formula is C22H22N2O5. The molecule has 1 aliphatic rings. The Morgan fingerprint density at radius 2 is 1.55 bits per heavy atom. The molecule has 1 amide bonds. The lowest BCUT2D eigenvalue weighted by Crippen LogP contribution is -2.42. The third-order valence-corrected chi connectivity index (χ3v) is 4.31. The summed E-state index contributed by atoms with van der Waals surface area (Å²) >= 11 is 0.